The molecule has 0 radical (unpaired) electrons. The molecule has 2 aliphatic rings. The van der Waals surface area contributed by atoms with Crippen LogP contribution in [0.25, 0.3) is 27.6 Å². The number of carbonyl (C=O) groups is 2. The molecule has 8 rings (SSSR count). The van der Waals surface area contributed by atoms with Gasteiger partial charge in [-0.05, 0) is 43.3 Å². The van der Waals surface area contributed by atoms with E-state index in [1.165, 1.54) is 0 Å². The largest absolute Gasteiger partial charge is 0.349 e. The number of amides is 2. The average molecular weight is 704 g/mol. The molecule has 0 unspecified atom stereocenters. The van der Waals surface area contributed by atoms with Crippen LogP contribution in [-0.2, 0) is 17.8 Å². The van der Waals surface area contributed by atoms with E-state index in [9.17, 15) is 9.59 Å². The summed E-state index contributed by atoms with van der Waals surface area (Å²) in [5.74, 6) is 1.21. The van der Waals surface area contributed by atoms with Gasteiger partial charge in [-0.15, -0.1) is 16.4 Å². The third-order valence-corrected chi connectivity index (χ3v) is 10.3. The Morgan fingerprint density at radius 3 is 2.69 bits per heavy atom. The summed E-state index contributed by atoms with van der Waals surface area (Å²) in [6, 6.07) is 15.7. The second kappa shape index (κ2) is 14.7. The summed E-state index contributed by atoms with van der Waals surface area (Å²) in [6.45, 7) is 4.55. The number of benzene rings is 1. The molecule has 1 aliphatic carbocycles. The number of hydrogen-bond donors (Lipinski definition) is 1. The van der Waals surface area contributed by atoms with E-state index < -0.39 is 0 Å². The van der Waals surface area contributed by atoms with Crippen molar-refractivity contribution >= 4 is 23.2 Å². The molecule has 1 aromatic carbocycles. The maximum Gasteiger partial charge on any atom is 0.253 e. The van der Waals surface area contributed by atoms with Crippen molar-refractivity contribution in [2.45, 2.75) is 38.3 Å². The Balaban J connectivity index is 0.761. The normalized spacial score (nSPS) is 17.7. The number of piperazine rings is 1. The highest BCUT2D eigenvalue weighted by molar-refractivity contribution is 7.13. The third kappa shape index (κ3) is 7.64. The molecule has 14 nitrogen and oxygen atoms in total. The van der Waals surface area contributed by atoms with Crippen LogP contribution in [0.1, 0.15) is 41.2 Å². The summed E-state index contributed by atoms with van der Waals surface area (Å²) in [5.41, 5.74) is 3.75. The average Bonchev–Trinajstić information content (AvgIpc) is 3.99. The number of hydrogen-bond acceptors (Lipinski definition) is 11. The van der Waals surface area contributed by atoms with Gasteiger partial charge >= 0.3 is 0 Å². The first-order chi connectivity index (χ1) is 25.0. The first-order valence-corrected chi connectivity index (χ1v) is 18.0. The van der Waals surface area contributed by atoms with E-state index in [1.807, 2.05) is 69.7 Å². The second-order valence-corrected chi connectivity index (χ2v) is 13.9. The highest BCUT2D eigenvalue weighted by atomic mass is 32.1. The maximum absolute atomic E-state index is 13.2. The predicted octanol–water partition coefficient (Wildman–Crippen LogP) is 3.97. The standard InChI is InChI=1S/C36H37N11O3S/c48-35(27-18-30(20-37-19-27)47-22-29(41-43-47)21-45-23-31(38-24-45)25-6-2-1-3-7-25)39-28-16-26(17-28)36(49)46-13-11-44(12-14-46)10-4-9-33-40-34(42-50-33)32-8-5-15-51-32/h1-3,5-8,15,18-20,22-24,26,28H,4,9-14,16-17,21H2,(H,39,48). The van der Waals surface area contributed by atoms with Crippen molar-refractivity contribution in [3.8, 4) is 27.6 Å². The number of carbonyl (C=O) groups excluding carboxylic acids is 2. The van der Waals surface area contributed by atoms with Crippen molar-refractivity contribution in [3.63, 3.8) is 0 Å². The van der Waals surface area contributed by atoms with E-state index >= 15 is 0 Å². The number of nitrogens with one attached hydrogen (secondary N) is 1. The number of thiophene rings is 1. The lowest BCUT2D eigenvalue weighted by atomic mass is 9.79. The van der Waals surface area contributed by atoms with Crippen LogP contribution in [0.5, 0.6) is 0 Å². The quantitative estimate of drug-likeness (QED) is 0.198. The molecule has 260 valence electrons. The number of aromatic nitrogens is 8. The molecule has 51 heavy (non-hydrogen) atoms. The molecule has 6 aromatic rings. The fraction of sp³-hybridized carbons (Fsp3) is 0.333. The Morgan fingerprint density at radius 2 is 1.86 bits per heavy atom. The highest BCUT2D eigenvalue weighted by Crippen LogP contribution is 2.30. The van der Waals surface area contributed by atoms with Crippen LogP contribution in [0.2, 0.25) is 0 Å². The zero-order valence-electron chi connectivity index (χ0n) is 27.9. The van der Waals surface area contributed by atoms with E-state index in [-0.39, 0.29) is 23.8 Å². The Hall–Kier alpha value is -5.54. The summed E-state index contributed by atoms with van der Waals surface area (Å²) in [4.78, 5) is 45.0. The van der Waals surface area contributed by atoms with Crippen molar-refractivity contribution in [2.75, 3.05) is 32.7 Å². The maximum atomic E-state index is 13.2. The molecule has 0 bridgehead atoms. The summed E-state index contributed by atoms with van der Waals surface area (Å²) in [5, 5.41) is 17.7. The van der Waals surface area contributed by atoms with E-state index in [2.05, 4.69) is 40.6 Å². The SMILES string of the molecule is O=C(NC1CC(C(=O)N2CCN(CCCc3nc(-c4cccs4)no3)CC2)C1)c1cncc(-n2cc(Cn3cnc(-c4ccccc4)c3)nn2)c1. The minimum Gasteiger partial charge on any atom is -0.349 e. The minimum absolute atomic E-state index is 0.0460. The molecule has 2 amide bonds. The monoisotopic (exact) mass is 703 g/mol. The number of nitrogens with zero attached hydrogens (tertiary/aromatic N) is 10. The minimum atomic E-state index is -0.218. The molecule has 2 fully saturated rings. The van der Waals surface area contributed by atoms with Crippen LogP contribution in [0.3, 0.4) is 0 Å². The molecule has 15 heteroatoms. The Bertz CT molecular complexity index is 2080. The van der Waals surface area contributed by atoms with Crippen LogP contribution in [0.15, 0.2) is 89.5 Å². The van der Waals surface area contributed by atoms with Crippen molar-refractivity contribution in [2.24, 2.45) is 5.92 Å². The molecule has 6 heterocycles. The third-order valence-electron chi connectivity index (χ3n) is 9.42. The molecule has 5 aromatic heterocycles. The van der Waals surface area contributed by atoms with Crippen LogP contribution in [0, 0.1) is 5.92 Å². The molecule has 1 saturated carbocycles. The number of rotatable bonds is 12. The van der Waals surface area contributed by atoms with Gasteiger partial charge in [0.15, 0.2) is 0 Å². The number of imidazole rings is 1. The van der Waals surface area contributed by atoms with Crippen LogP contribution < -0.4 is 5.32 Å². The van der Waals surface area contributed by atoms with Crippen molar-refractivity contribution in [1.29, 1.82) is 0 Å². The van der Waals surface area contributed by atoms with Crippen molar-refractivity contribution in [3.05, 3.63) is 102 Å². The van der Waals surface area contributed by atoms with E-state index in [4.69, 9.17) is 4.52 Å². The van der Waals surface area contributed by atoms with Gasteiger partial charge in [0.2, 0.25) is 17.6 Å². The summed E-state index contributed by atoms with van der Waals surface area (Å²) in [7, 11) is 0. The first-order valence-electron chi connectivity index (χ1n) is 17.2. The van der Waals surface area contributed by atoms with Gasteiger partial charge in [-0.1, -0.05) is 46.8 Å². The van der Waals surface area contributed by atoms with Crippen LogP contribution in [-0.4, -0.2) is 100 Å². The van der Waals surface area contributed by atoms with E-state index in [1.54, 1.807) is 40.8 Å². The predicted molar refractivity (Wildman–Crippen MR) is 189 cm³/mol. The van der Waals surface area contributed by atoms with Gasteiger partial charge in [0, 0.05) is 62.5 Å². The Kier molecular flexibility index (Phi) is 9.44. The van der Waals surface area contributed by atoms with Crippen molar-refractivity contribution < 1.29 is 14.1 Å². The van der Waals surface area contributed by atoms with Crippen molar-refractivity contribution in [1.82, 2.24) is 54.8 Å². The Labute approximate surface area is 298 Å². The van der Waals surface area contributed by atoms with Gasteiger partial charge in [-0.25, -0.2) is 9.67 Å². The molecule has 1 aliphatic heterocycles. The smallest absolute Gasteiger partial charge is 0.253 e. The van der Waals surface area contributed by atoms with Crippen LogP contribution >= 0.6 is 11.3 Å². The molecular weight excluding hydrogens is 667 g/mol. The zero-order chi connectivity index (χ0) is 34.6. The zero-order valence-corrected chi connectivity index (χ0v) is 28.7. The van der Waals surface area contributed by atoms with Gasteiger partial charge in [-0.3, -0.25) is 19.5 Å². The highest BCUT2D eigenvalue weighted by Gasteiger charge is 2.38. The molecule has 1 N–H and O–H groups in total. The fourth-order valence-corrected chi connectivity index (χ4v) is 7.19. The van der Waals surface area contributed by atoms with Gasteiger partial charge in [0.1, 0.15) is 5.69 Å². The second-order valence-electron chi connectivity index (χ2n) is 13.0. The van der Waals surface area contributed by atoms with Gasteiger partial charge in [0.25, 0.3) is 5.91 Å². The number of pyridine rings is 1. The van der Waals surface area contributed by atoms with Crippen LogP contribution in [0.4, 0.5) is 0 Å². The first kappa shape index (κ1) is 32.7. The summed E-state index contributed by atoms with van der Waals surface area (Å²) >= 11 is 1.60. The van der Waals surface area contributed by atoms with Gasteiger partial charge in [-0.2, -0.15) is 4.98 Å². The van der Waals surface area contributed by atoms with E-state index in [0.29, 0.717) is 42.4 Å². The fourth-order valence-electron chi connectivity index (χ4n) is 6.54. The Morgan fingerprint density at radius 1 is 1.00 bits per heavy atom. The molecule has 0 spiro atoms. The number of aryl methyl sites for hydroxylation is 1. The van der Waals surface area contributed by atoms with Gasteiger partial charge in [0.05, 0.1) is 47.1 Å². The molecular formula is C36H37N11O3S. The van der Waals surface area contributed by atoms with Gasteiger partial charge < -0.3 is 19.3 Å². The summed E-state index contributed by atoms with van der Waals surface area (Å²) < 4.78 is 8.99. The van der Waals surface area contributed by atoms with E-state index in [0.717, 1.165) is 67.4 Å². The molecule has 0 atom stereocenters. The topological polar surface area (TPSA) is 153 Å². The lowest BCUT2D eigenvalue weighted by Gasteiger charge is -2.41. The molecule has 1 saturated heterocycles. The lowest BCUT2D eigenvalue weighted by Crippen LogP contribution is -2.54. The lowest BCUT2D eigenvalue weighted by molar-refractivity contribution is -0.140. The summed E-state index contributed by atoms with van der Waals surface area (Å²) in [6.07, 6.45) is 11.7.